The normalized spacial score (nSPS) is 10.3. The van der Waals surface area contributed by atoms with Crippen molar-refractivity contribution in [3.05, 3.63) is 47.8 Å². The van der Waals surface area contributed by atoms with Crippen molar-refractivity contribution < 1.29 is 4.79 Å². The van der Waals surface area contributed by atoms with E-state index in [0.29, 0.717) is 5.56 Å². The van der Waals surface area contributed by atoms with E-state index in [9.17, 15) is 4.79 Å². The van der Waals surface area contributed by atoms with Crippen LogP contribution in [0.25, 0.3) is 0 Å². The monoisotopic (exact) mass is 243 g/mol. The second-order valence-electron chi connectivity index (χ2n) is 4.09. The fourth-order valence-corrected chi connectivity index (χ4v) is 1.73. The van der Waals surface area contributed by atoms with E-state index in [1.54, 1.807) is 17.1 Å². The van der Waals surface area contributed by atoms with Crippen molar-refractivity contribution in [3.8, 4) is 0 Å². The van der Waals surface area contributed by atoms with Gasteiger partial charge in [0.25, 0.3) is 5.91 Å². The van der Waals surface area contributed by atoms with Gasteiger partial charge in [-0.15, -0.1) is 0 Å². The molecule has 1 aromatic heterocycles. The van der Waals surface area contributed by atoms with Gasteiger partial charge < -0.3 is 5.32 Å². The lowest BCUT2D eigenvalue weighted by Crippen LogP contribution is -2.11. The van der Waals surface area contributed by atoms with Crippen molar-refractivity contribution in [2.75, 3.05) is 5.32 Å². The Kier molecular flexibility index (Phi) is 3.77. The van der Waals surface area contributed by atoms with Crippen molar-refractivity contribution in [2.45, 2.75) is 26.8 Å². The molecule has 1 aromatic carbocycles. The van der Waals surface area contributed by atoms with Crippen LogP contribution in [0.4, 0.5) is 5.69 Å². The molecule has 2 rings (SSSR count). The SMILES string of the molecule is CCc1cccc(NC(=O)c2cnn(CC)c2)c1. The third kappa shape index (κ3) is 2.77. The first-order valence-corrected chi connectivity index (χ1v) is 6.15. The highest BCUT2D eigenvalue weighted by Gasteiger charge is 2.08. The minimum absolute atomic E-state index is 0.122. The van der Waals surface area contributed by atoms with Gasteiger partial charge >= 0.3 is 0 Å². The smallest absolute Gasteiger partial charge is 0.258 e. The van der Waals surface area contributed by atoms with Gasteiger partial charge in [-0.3, -0.25) is 9.48 Å². The number of amides is 1. The number of aryl methyl sites for hydroxylation is 2. The van der Waals surface area contributed by atoms with E-state index in [4.69, 9.17) is 0 Å². The van der Waals surface area contributed by atoms with Crippen LogP contribution in [-0.4, -0.2) is 15.7 Å². The Morgan fingerprint density at radius 1 is 1.39 bits per heavy atom. The van der Waals surface area contributed by atoms with E-state index < -0.39 is 0 Å². The summed E-state index contributed by atoms with van der Waals surface area (Å²) in [6.07, 6.45) is 4.29. The largest absolute Gasteiger partial charge is 0.322 e. The standard InChI is InChI=1S/C14H17N3O/c1-3-11-6-5-7-13(8-11)16-14(18)12-9-15-17(4-2)10-12/h5-10H,3-4H2,1-2H3,(H,16,18). The summed E-state index contributed by atoms with van der Waals surface area (Å²) in [6.45, 7) is 4.84. The van der Waals surface area contributed by atoms with Gasteiger partial charge in [-0.1, -0.05) is 19.1 Å². The second-order valence-corrected chi connectivity index (χ2v) is 4.09. The summed E-state index contributed by atoms with van der Waals surface area (Å²) in [5.74, 6) is -0.122. The van der Waals surface area contributed by atoms with Gasteiger partial charge in [0.1, 0.15) is 0 Å². The molecule has 4 nitrogen and oxygen atoms in total. The Hall–Kier alpha value is -2.10. The molecular formula is C14H17N3O. The number of nitrogens with zero attached hydrogens (tertiary/aromatic N) is 2. The van der Waals surface area contributed by atoms with Gasteiger partial charge in [0, 0.05) is 18.4 Å². The summed E-state index contributed by atoms with van der Waals surface area (Å²) in [5, 5.41) is 6.97. The molecule has 18 heavy (non-hydrogen) atoms. The molecule has 1 heterocycles. The van der Waals surface area contributed by atoms with Gasteiger partial charge in [-0.2, -0.15) is 5.10 Å². The predicted octanol–water partition coefficient (Wildman–Crippen LogP) is 2.72. The predicted molar refractivity (Wildman–Crippen MR) is 71.7 cm³/mol. The van der Waals surface area contributed by atoms with Crippen LogP contribution in [0.3, 0.4) is 0 Å². The Labute approximate surface area is 107 Å². The first-order valence-electron chi connectivity index (χ1n) is 6.15. The molecule has 0 bridgehead atoms. The quantitative estimate of drug-likeness (QED) is 0.897. The summed E-state index contributed by atoms with van der Waals surface area (Å²) >= 11 is 0. The van der Waals surface area contributed by atoms with E-state index in [1.807, 2.05) is 31.2 Å². The number of benzene rings is 1. The molecule has 1 N–H and O–H groups in total. The highest BCUT2D eigenvalue weighted by atomic mass is 16.1. The van der Waals surface area contributed by atoms with Crippen molar-refractivity contribution in [2.24, 2.45) is 0 Å². The molecule has 0 radical (unpaired) electrons. The summed E-state index contributed by atoms with van der Waals surface area (Å²) in [7, 11) is 0. The molecule has 0 saturated heterocycles. The average molecular weight is 243 g/mol. The first kappa shape index (κ1) is 12.4. The molecule has 0 aliphatic heterocycles. The van der Waals surface area contributed by atoms with Gasteiger partial charge in [-0.05, 0) is 31.0 Å². The fraction of sp³-hybridized carbons (Fsp3) is 0.286. The zero-order chi connectivity index (χ0) is 13.0. The topological polar surface area (TPSA) is 46.9 Å². The number of hydrogen-bond acceptors (Lipinski definition) is 2. The lowest BCUT2D eigenvalue weighted by atomic mass is 10.1. The molecule has 0 saturated carbocycles. The Morgan fingerprint density at radius 2 is 2.22 bits per heavy atom. The zero-order valence-electron chi connectivity index (χ0n) is 10.7. The third-order valence-electron chi connectivity index (χ3n) is 2.81. The number of carbonyl (C=O) groups excluding carboxylic acids is 1. The van der Waals surface area contributed by atoms with Gasteiger partial charge in [0.15, 0.2) is 0 Å². The van der Waals surface area contributed by atoms with E-state index >= 15 is 0 Å². The maximum absolute atomic E-state index is 12.0. The van der Waals surface area contributed by atoms with Crippen LogP contribution in [0.5, 0.6) is 0 Å². The van der Waals surface area contributed by atoms with E-state index in [-0.39, 0.29) is 5.91 Å². The fourth-order valence-electron chi connectivity index (χ4n) is 1.73. The minimum Gasteiger partial charge on any atom is -0.322 e. The van der Waals surface area contributed by atoms with E-state index in [0.717, 1.165) is 18.7 Å². The van der Waals surface area contributed by atoms with Crippen LogP contribution in [0.15, 0.2) is 36.7 Å². The van der Waals surface area contributed by atoms with Crippen molar-refractivity contribution in [1.29, 1.82) is 0 Å². The lowest BCUT2D eigenvalue weighted by molar-refractivity contribution is 0.102. The maximum atomic E-state index is 12.0. The summed E-state index contributed by atoms with van der Waals surface area (Å²) in [5.41, 5.74) is 2.61. The van der Waals surface area contributed by atoms with E-state index in [2.05, 4.69) is 17.3 Å². The average Bonchev–Trinajstić information content (AvgIpc) is 2.88. The number of rotatable bonds is 4. The van der Waals surface area contributed by atoms with Crippen LogP contribution in [-0.2, 0) is 13.0 Å². The molecule has 0 aliphatic rings. The molecule has 0 fully saturated rings. The molecule has 1 amide bonds. The number of nitrogens with one attached hydrogen (secondary N) is 1. The molecule has 94 valence electrons. The molecular weight excluding hydrogens is 226 g/mol. The summed E-state index contributed by atoms with van der Waals surface area (Å²) < 4.78 is 1.73. The molecule has 0 aliphatic carbocycles. The summed E-state index contributed by atoms with van der Waals surface area (Å²) in [6, 6.07) is 7.87. The van der Waals surface area contributed by atoms with Crippen LogP contribution in [0.1, 0.15) is 29.8 Å². The molecule has 0 spiro atoms. The van der Waals surface area contributed by atoms with Gasteiger partial charge in [0.05, 0.1) is 11.8 Å². The van der Waals surface area contributed by atoms with Crippen LogP contribution >= 0.6 is 0 Å². The van der Waals surface area contributed by atoms with E-state index in [1.165, 1.54) is 5.56 Å². The Morgan fingerprint density at radius 3 is 2.89 bits per heavy atom. The number of carbonyl (C=O) groups is 1. The van der Waals surface area contributed by atoms with Crippen molar-refractivity contribution in [3.63, 3.8) is 0 Å². The van der Waals surface area contributed by atoms with Crippen LogP contribution in [0, 0.1) is 0 Å². The number of hydrogen-bond donors (Lipinski definition) is 1. The highest BCUT2D eigenvalue weighted by Crippen LogP contribution is 2.12. The Bertz CT molecular complexity index is 545. The molecule has 0 unspecified atom stereocenters. The van der Waals surface area contributed by atoms with Crippen molar-refractivity contribution in [1.82, 2.24) is 9.78 Å². The number of aromatic nitrogens is 2. The molecule has 0 atom stereocenters. The van der Waals surface area contributed by atoms with Crippen LogP contribution in [0.2, 0.25) is 0 Å². The lowest BCUT2D eigenvalue weighted by Gasteiger charge is -2.05. The highest BCUT2D eigenvalue weighted by molar-refractivity contribution is 6.03. The third-order valence-corrected chi connectivity index (χ3v) is 2.81. The van der Waals surface area contributed by atoms with Gasteiger partial charge in [-0.25, -0.2) is 0 Å². The Balaban J connectivity index is 2.10. The number of anilines is 1. The molecule has 4 heteroatoms. The zero-order valence-corrected chi connectivity index (χ0v) is 10.7. The summed E-state index contributed by atoms with van der Waals surface area (Å²) in [4.78, 5) is 12.0. The van der Waals surface area contributed by atoms with Crippen molar-refractivity contribution >= 4 is 11.6 Å². The first-order chi connectivity index (χ1) is 8.72. The minimum atomic E-state index is -0.122. The molecule has 2 aromatic rings. The van der Waals surface area contributed by atoms with Crippen LogP contribution < -0.4 is 5.32 Å². The second kappa shape index (κ2) is 5.49. The van der Waals surface area contributed by atoms with Gasteiger partial charge in [0.2, 0.25) is 0 Å². The maximum Gasteiger partial charge on any atom is 0.258 e.